The first-order chi connectivity index (χ1) is 4.20. The van der Waals surface area contributed by atoms with Gasteiger partial charge in [-0.15, -0.1) is 11.3 Å². The first-order valence-electron chi connectivity index (χ1n) is 2.05. The van der Waals surface area contributed by atoms with Crippen molar-refractivity contribution in [3.63, 3.8) is 0 Å². The molecule has 1 N–H and O–H groups in total. The van der Waals surface area contributed by atoms with Crippen LogP contribution in [0, 0.1) is 3.01 Å². The summed E-state index contributed by atoms with van der Waals surface area (Å²) >= 11 is 3.15. The molecule has 1 rings (SSSR count). The molecule has 0 atom stereocenters. The maximum Gasteiger partial charge on any atom is 0.347 e. The maximum absolute atomic E-state index is 10.2. The molecular formula is C4H2INO2S. The van der Waals surface area contributed by atoms with E-state index in [1.165, 1.54) is 17.5 Å². The number of hydrogen-bond acceptors (Lipinski definition) is 3. The quantitative estimate of drug-likeness (QED) is 0.772. The molecule has 0 aliphatic rings. The number of thiazole rings is 1. The topological polar surface area (TPSA) is 50.2 Å². The molecule has 0 saturated carbocycles. The minimum absolute atomic E-state index is 0.291. The summed E-state index contributed by atoms with van der Waals surface area (Å²) in [7, 11) is 0. The number of halogens is 1. The smallest absolute Gasteiger partial charge is 0.347 e. The highest BCUT2D eigenvalue weighted by atomic mass is 127. The van der Waals surface area contributed by atoms with Crippen molar-refractivity contribution in [2.75, 3.05) is 0 Å². The van der Waals surface area contributed by atoms with Gasteiger partial charge in [0.2, 0.25) is 0 Å². The normalized spacial score (nSPS) is 9.44. The number of aromatic nitrogens is 1. The van der Waals surface area contributed by atoms with Gasteiger partial charge in [-0.2, -0.15) is 0 Å². The van der Waals surface area contributed by atoms with Gasteiger partial charge in [0.05, 0.1) is 6.20 Å². The average Bonchev–Trinajstić information content (AvgIpc) is 2.14. The summed E-state index contributed by atoms with van der Waals surface area (Å²) in [5.41, 5.74) is 0. The van der Waals surface area contributed by atoms with Crippen LogP contribution < -0.4 is 0 Å². The number of aromatic carboxylic acids is 1. The second-order valence-corrected chi connectivity index (χ2v) is 4.07. The summed E-state index contributed by atoms with van der Waals surface area (Å²) in [5, 5.41) is 8.37. The summed E-state index contributed by atoms with van der Waals surface area (Å²) in [6, 6.07) is 0. The Morgan fingerprint density at radius 3 is 2.78 bits per heavy atom. The third kappa shape index (κ3) is 1.62. The monoisotopic (exact) mass is 255 g/mol. The van der Waals surface area contributed by atoms with E-state index in [0.29, 0.717) is 4.88 Å². The Kier molecular flexibility index (Phi) is 2.01. The van der Waals surface area contributed by atoms with Crippen LogP contribution in [0.3, 0.4) is 0 Å². The highest BCUT2D eigenvalue weighted by molar-refractivity contribution is 14.1. The predicted molar refractivity (Wildman–Crippen MR) is 41.8 cm³/mol. The van der Waals surface area contributed by atoms with Gasteiger partial charge in [-0.1, -0.05) is 0 Å². The van der Waals surface area contributed by atoms with Crippen LogP contribution in [-0.4, -0.2) is 16.1 Å². The second kappa shape index (κ2) is 2.61. The number of rotatable bonds is 1. The molecule has 3 nitrogen and oxygen atoms in total. The summed E-state index contributed by atoms with van der Waals surface area (Å²) in [5.74, 6) is -0.907. The van der Waals surface area contributed by atoms with Crippen LogP contribution in [0.2, 0.25) is 0 Å². The number of nitrogens with zero attached hydrogens (tertiary/aromatic N) is 1. The Labute approximate surface area is 68.9 Å². The number of hydrogen-bond donors (Lipinski definition) is 1. The zero-order valence-electron chi connectivity index (χ0n) is 4.17. The molecule has 0 aromatic carbocycles. The molecule has 0 saturated heterocycles. The van der Waals surface area contributed by atoms with Crippen molar-refractivity contribution in [2.45, 2.75) is 0 Å². The van der Waals surface area contributed by atoms with E-state index < -0.39 is 5.97 Å². The standard InChI is InChI=1S/C4H2INO2S/c5-4-6-1-2(9-4)3(7)8/h1H,(H,7,8). The molecule has 0 radical (unpaired) electrons. The van der Waals surface area contributed by atoms with Crippen molar-refractivity contribution in [3.05, 3.63) is 14.1 Å². The number of carboxylic acid groups (broad SMARTS) is 1. The Bertz CT molecular complexity index is 234. The lowest BCUT2D eigenvalue weighted by atomic mass is 10.6. The van der Waals surface area contributed by atoms with Gasteiger partial charge >= 0.3 is 5.97 Å². The molecule has 48 valence electrons. The zero-order valence-corrected chi connectivity index (χ0v) is 7.14. The van der Waals surface area contributed by atoms with E-state index in [1.54, 1.807) is 0 Å². The largest absolute Gasteiger partial charge is 0.477 e. The molecule has 1 aromatic heterocycles. The maximum atomic E-state index is 10.2. The molecule has 1 aromatic rings. The van der Waals surface area contributed by atoms with Crippen molar-refractivity contribution in [3.8, 4) is 0 Å². The minimum Gasteiger partial charge on any atom is -0.477 e. The summed E-state index contributed by atoms with van der Waals surface area (Å²) in [6.45, 7) is 0. The van der Waals surface area contributed by atoms with E-state index >= 15 is 0 Å². The Morgan fingerprint density at radius 1 is 1.89 bits per heavy atom. The molecular weight excluding hydrogens is 253 g/mol. The fraction of sp³-hybridized carbons (Fsp3) is 0. The van der Waals surface area contributed by atoms with Crippen LogP contribution in [0.5, 0.6) is 0 Å². The van der Waals surface area contributed by atoms with Gasteiger partial charge in [0.1, 0.15) is 4.88 Å². The van der Waals surface area contributed by atoms with Gasteiger partial charge < -0.3 is 5.11 Å². The third-order valence-electron chi connectivity index (χ3n) is 0.688. The lowest BCUT2D eigenvalue weighted by Crippen LogP contribution is -1.89. The van der Waals surface area contributed by atoms with Crippen LogP contribution in [0.25, 0.3) is 0 Å². The Morgan fingerprint density at radius 2 is 2.56 bits per heavy atom. The van der Waals surface area contributed by atoms with Crippen molar-refractivity contribution in [2.24, 2.45) is 0 Å². The Hall–Kier alpha value is -0.170. The van der Waals surface area contributed by atoms with Gasteiger partial charge in [-0.05, 0) is 22.6 Å². The van der Waals surface area contributed by atoms with E-state index in [9.17, 15) is 4.79 Å². The zero-order chi connectivity index (χ0) is 6.85. The van der Waals surface area contributed by atoms with E-state index in [2.05, 4.69) is 4.98 Å². The van der Waals surface area contributed by atoms with Crippen molar-refractivity contribution in [1.82, 2.24) is 4.98 Å². The van der Waals surface area contributed by atoms with E-state index in [4.69, 9.17) is 5.11 Å². The molecule has 0 bridgehead atoms. The molecule has 0 aliphatic carbocycles. The molecule has 1 heterocycles. The van der Waals surface area contributed by atoms with E-state index in [1.807, 2.05) is 22.6 Å². The fourth-order valence-electron chi connectivity index (χ4n) is 0.352. The van der Waals surface area contributed by atoms with Gasteiger partial charge in [0.15, 0.2) is 3.01 Å². The molecule has 0 aliphatic heterocycles. The fourth-order valence-corrected chi connectivity index (χ4v) is 1.68. The molecule has 0 unspecified atom stereocenters. The lowest BCUT2D eigenvalue weighted by Gasteiger charge is -1.77. The van der Waals surface area contributed by atoms with Crippen molar-refractivity contribution in [1.29, 1.82) is 0 Å². The summed E-state index contributed by atoms with van der Waals surface area (Å²) < 4.78 is 0.755. The number of carboxylic acids is 1. The molecule has 0 spiro atoms. The molecule has 5 heteroatoms. The first-order valence-corrected chi connectivity index (χ1v) is 3.94. The second-order valence-electron chi connectivity index (χ2n) is 1.28. The molecule has 9 heavy (non-hydrogen) atoms. The third-order valence-corrected chi connectivity index (χ3v) is 2.40. The van der Waals surface area contributed by atoms with Gasteiger partial charge in [0.25, 0.3) is 0 Å². The molecule has 0 amide bonds. The van der Waals surface area contributed by atoms with Crippen molar-refractivity contribution < 1.29 is 9.90 Å². The van der Waals surface area contributed by atoms with Crippen LogP contribution in [-0.2, 0) is 0 Å². The average molecular weight is 255 g/mol. The lowest BCUT2D eigenvalue weighted by molar-refractivity contribution is 0.0702. The Balaban J connectivity index is 2.98. The number of carbonyl (C=O) groups is 1. The van der Waals surface area contributed by atoms with Gasteiger partial charge in [-0.3, -0.25) is 0 Å². The van der Waals surface area contributed by atoms with Gasteiger partial charge in [-0.25, -0.2) is 9.78 Å². The van der Waals surface area contributed by atoms with E-state index in [0.717, 1.165) is 3.01 Å². The van der Waals surface area contributed by atoms with Gasteiger partial charge in [0, 0.05) is 0 Å². The highest BCUT2D eigenvalue weighted by Crippen LogP contribution is 2.13. The predicted octanol–water partition coefficient (Wildman–Crippen LogP) is 1.45. The van der Waals surface area contributed by atoms with Crippen molar-refractivity contribution >= 4 is 39.9 Å². The first kappa shape index (κ1) is 6.94. The highest BCUT2D eigenvalue weighted by Gasteiger charge is 2.04. The minimum atomic E-state index is -0.907. The molecule has 0 fully saturated rings. The van der Waals surface area contributed by atoms with Crippen LogP contribution in [0.1, 0.15) is 9.67 Å². The SMILES string of the molecule is O=C(O)c1cnc(I)s1. The summed E-state index contributed by atoms with van der Waals surface area (Å²) in [6.07, 6.45) is 1.36. The van der Waals surface area contributed by atoms with Crippen LogP contribution >= 0.6 is 33.9 Å². The van der Waals surface area contributed by atoms with E-state index in [-0.39, 0.29) is 0 Å². The van der Waals surface area contributed by atoms with Crippen LogP contribution in [0.15, 0.2) is 6.20 Å². The van der Waals surface area contributed by atoms with Crippen LogP contribution in [0.4, 0.5) is 0 Å². The summed E-state index contributed by atoms with van der Waals surface area (Å²) in [4.78, 5) is 14.2.